The first kappa shape index (κ1) is 16.2. The zero-order valence-electron chi connectivity index (χ0n) is 12.3. The molecule has 0 fully saturated rings. The van der Waals surface area contributed by atoms with E-state index in [0.717, 1.165) is 29.8 Å². The van der Waals surface area contributed by atoms with Crippen molar-refractivity contribution in [2.45, 2.75) is 32.6 Å². The number of benzene rings is 2. The van der Waals surface area contributed by atoms with Crippen LogP contribution in [0.4, 0.5) is 8.78 Å². The molecule has 3 heteroatoms. The van der Waals surface area contributed by atoms with E-state index in [1.165, 1.54) is 17.2 Å². The number of rotatable bonds is 5. The molecule has 0 saturated heterocycles. The van der Waals surface area contributed by atoms with Crippen molar-refractivity contribution >= 4 is 15.9 Å². The molecule has 0 radical (unpaired) electrons. The van der Waals surface area contributed by atoms with Crippen molar-refractivity contribution in [2.75, 3.05) is 5.33 Å². The Morgan fingerprint density at radius 3 is 2.38 bits per heavy atom. The van der Waals surface area contributed by atoms with E-state index in [2.05, 4.69) is 41.9 Å². The van der Waals surface area contributed by atoms with Crippen LogP contribution in [0.5, 0.6) is 0 Å². The lowest BCUT2D eigenvalue weighted by atomic mass is 9.86. The largest absolute Gasteiger partial charge is 0.207 e. The van der Waals surface area contributed by atoms with Crippen molar-refractivity contribution in [3.8, 4) is 0 Å². The first-order chi connectivity index (χ1) is 10.0. The molecule has 0 unspecified atom stereocenters. The second kappa shape index (κ2) is 7.17. The Bertz CT molecular complexity index is 623. The molecule has 0 spiro atoms. The van der Waals surface area contributed by atoms with Crippen LogP contribution in [0.2, 0.25) is 0 Å². The molecular weight excluding hydrogens is 334 g/mol. The van der Waals surface area contributed by atoms with Crippen LogP contribution in [0.25, 0.3) is 0 Å². The topological polar surface area (TPSA) is 0 Å². The van der Waals surface area contributed by atoms with E-state index < -0.39 is 11.6 Å². The molecule has 0 bridgehead atoms. The molecule has 0 aliphatic carbocycles. The standard InChI is InChI=1S/C18H19BrF2/c1-12-5-6-14(10-13(12)2)16(4-3-9-19)17-8-7-15(20)11-18(17)21/h5-8,10-11,16H,3-4,9H2,1-2H3/t16-/m0/s1. The third-order valence-electron chi connectivity index (χ3n) is 3.90. The van der Waals surface area contributed by atoms with Gasteiger partial charge in [0.1, 0.15) is 11.6 Å². The van der Waals surface area contributed by atoms with E-state index in [9.17, 15) is 8.78 Å². The third kappa shape index (κ3) is 3.91. The van der Waals surface area contributed by atoms with Crippen LogP contribution in [-0.2, 0) is 0 Å². The van der Waals surface area contributed by atoms with E-state index in [0.29, 0.717) is 5.56 Å². The van der Waals surface area contributed by atoms with Crippen LogP contribution in [-0.4, -0.2) is 5.33 Å². The minimum absolute atomic E-state index is 0.0394. The molecular formula is C18H19BrF2. The molecule has 0 N–H and O–H groups in total. The van der Waals surface area contributed by atoms with E-state index in [4.69, 9.17) is 0 Å². The maximum atomic E-state index is 14.1. The summed E-state index contributed by atoms with van der Waals surface area (Å²) in [6, 6.07) is 10.1. The number of aryl methyl sites for hydroxylation is 2. The molecule has 112 valence electrons. The number of alkyl halides is 1. The smallest absolute Gasteiger partial charge is 0.129 e. The van der Waals surface area contributed by atoms with Crippen molar-refractivity contribution in [1.82, 2.24) is 0 Å². The number of halogens is 3. The minimum atomic E-state index is -0.532. The molecule has 21 heavy (non-hydrogen) atoms. The monoisotopic (exact) mass is 352 g/mol. The van der Waals surface area contributed by atoms with Gasteiger partial charge in [0.25, 0.3) is 0 Å². The molecule has 2 aromatic carbocycles. The van der Waals surface area contributed by atoms with Gasteiger partial charge in [0.2, 0.25) is 0 Å². The summed E-state index contributed by atoms with van der Waals surface area (Å²) in [4.78, 5) is 0. The van der Waals surface area contributed by atoms with Crippen molar-refractivity contribution in [3.05, 3.63) is 70.3 Å². The van der Waals surface area contributed by atoms with Crippen molar-refractivity contribution in [2.24, 2.45) is 0 Å². The van der Waals surface area contributed by atoms with E-state index in [1.54, 1.807) is 6.07 Å². The van der Waals surface area contributed by atoms with E-state index in [-0.39, 0.29) is 5.92 Å². The van der Waals surface area contributed by atoms with Crippen LogP contribution < -0.4 is 0 Å². The summed E-state index contributed by atoms with van der Waals surface area (Å²) in [5.41, 5.74) is 4.07. The van der Waals surface area contributed by atoms with E-state index >= 15 is 0 Å². The van der Waals surface area contributed by atoms with Gasteiger partial charge >= 0.3 is 0 Å². The lowest BCUT2D eigenvalue weighted by Crippen LogP contribution is -2.05. The Labute approximate surface area is 133 Å². The molecule has 0 amide bonds. The highest BCUT2D eigenvalue weighted by Gasteiger charge is 2.18. The maximum Gasteiger partial charge on any atom is 0.129 e. The highest BCUT2D eigenvalue weighted by atomic mass is 79.9. The highest BCUT2D eigenvalue weighted by Crippen LogP contribution is 2.32. The zero-order chi connectivity index (χ0) is 15.4. The summed E-state index contributed by atoms with van der Waals surface area (Å²) in [6.07, 6.45) is 1.77. The van der Waals surface area contributed by atoms with Gasteiger partial charge in [0, 0.05) is 17.3 Å². The van der Waals surface area contributed by atoms with Gasteiger partial charge in [0.15, 0.2) is 0 Å². The molecule has 0 aliphatic rings. The van der Waals surface area contributed by atoms with Gasteiger partial charge in [-0.2, -0.15) is 0 Å². The number of hydrogen-bond donors (Lipinski definition) is 0. The zero-order valence-corrected chi connectivity index (χ0v) is 13.9. The molecule has 0 aliphatic heterocycles. The van der Waals surface area contributed by atoms with Crippen LogP contribution in [0.15, 0.2) is 36.4 Å². The van der Waals surface area contributed by atoms with Crippen molar-refractivity contribution < 1.29 is 8.78 Å². The number of hydrogen-bond acceptors (Lipinski definition) is 0. The minimum Gasteiger partial charge on any atom is -0.207 e. The first-order valence-electron chi connectivity index (χ1n) is 7.11. The Balaban J connectivity index is 2.44. The second-order valence-corrected chi connectivity index (χ2v) is 6.19. The van der Waals surface area contributed by atoms with Gasteiger partial charge in [-0.25, -0.2) is 8.78 Å². The predicted octanol–water partition coefficient (Wildman–Crippen LogP) is 5.89. The summed E-state index contributed by atoms with van der Waals surface area (Å²) in [5.74, 6) is -1.04. The van der Waals surface area contributed by atoms with Gasteiger partial charge in [-0.15, -0.1) is 0 Å². The average Bonchev–Trinajstić information content (AvgIpc) is 2.44. The fourth-order valence-corrected chi connectivity index (χ4v) is 2.87. The maximum absolute atomic E-state index is 14.1. The van der Waals surface area contributed by atoms with Gasteiger partial charge in [0.05, 0.1) is 0 Å². The van der Waals surface area contributed by atoms with Crippen LogP contribution in [0.3, 0.4) is 0 Å². The lowest BCUT2D eigenvalue weighted by molar-refractivity contribution is 0.556. The van der Waals surface area contributed by atoms with Crippen molar-refractivity contribution in [3.63, 3.8) is 0 Å². The fraction of sp³-hybridized carbons (Fsp3) is 0.333. The Morgan fingerprint density at radius 1 is 1.00 bits per heavy atom. The fourth-order valence-electron chi connectivity index (χ4n) is 2.55. The Hall–Kier alpha value is -1.22. The second-order valence-electron chi connectivity index (χ2n) is 5.39. The Morgan fingerprint density at radius 2 is 1.76 bits per heavy atom. The molecule has 1 atom stereocenters. The summed E-state index contributed by atoms with van der Waals surface area (Å²) in [6.45, 7) is 4.12. The van der Waals surface area contributed by atoms with Crippen LogP contribution >= 0.6 is 15.9 Å². The molecule has 0 nitrogen and oxygen atoms in total. The van der Waals surface area contributed by atoms with Gasteiger partial charge in [-0.3, -0.25) is 0 Å². The SMILES string of the molecule is Cc1ccc([C@H](CCCBr)c2ccc(F)cc2F)cc1C. The van der Waals surface area contributed by atoms with Gasteiger partial charge in [-0.05, 0) is 55.0 Å². The van der Waals surface area contributed by atoms with E-state index in [1.807, 2.05) is 6.07 Å². The normalized spacial score (nSPS) is 12.4. The molecule has 0 saturated carbocycles. The predicted molar refractivity (Wildman–Crippen MR) is 87.1 cm³/mol. The van der Waals surface area contributed by atoms with Gasteiger partial charge in [-0.1, -0.05) is 40.2 Å². The Kier molecular flexibility index (Phi) is 5.51. The summed E-state index contributed by atoms with van der Waals surface area (Å²) < 4.78 is 27.3. The molecule has 0 heterocycles. The molecule has 2 rings (SSSR count). The third-order valence-corrected chi connectivity index (χ3v) is 4.46. The molecule has 0 aromatic heterocycles. The van der Waals surface area contributed by atoms with Crippen molar-refractivity contribution in [1.29, 1.82) is 0 Å². The summed E-state index contributed by atoms with van der Waals surface area (Å²) in [5, 5.41) is 0.872. The summed E-state index contributed by atoms with van der Waals surface area (Å²) in [7, 11) is 0. The highest BCUT2D eigenvalue weighted by molar-refractivity contribution is 9.09. The lowest BCUT2D eigenvalue weighted by Gasteiger charge is -2.19. The van der Waals surface area contributed by atoms with Crippen LogP contribution in [0.1, 0.15) is 41.0 Å². The quantitative estimate of drug-likeness (QED) is 0.588. The van der Waals surface area contributed by atoms with Crippen LogP contribution in [0, 0.1) is 25.5 Å². The summed E-state index contributed by atoms with van der Waals surface area (Å²) >= 11 is 3.43. The molecule has 2 aromatic rings. The average molecular weight is 353 g/mol. The van der Waals surface area contributed by atoms with Gasteiger partial charge < -0.3 is 0 Å². The first-order valence-corrected chi connectivity index (χ1v) is 8.23.